The maximum absolute atomic E-state index is 11.6. The summed E-state index contributed by atoms with van der Waals surface area (Å²) in [5.74, 6) is -0.791. The normalized spacial score (nSPS) is 18.7. The Labute approximate surface area is 115 Å². The van der Waals surface area contributed by atoms with E-state index in [1.807, 2.05) is 0 Å². The molecule has 0 unspecified atom stereocenters. The fraction of sp³-hybridized carbons (Fsp3) is 0.385. The third-order valence-electron chi connectivity index (χ3n) is 3.54. The van der Waals surface area contributed by atoms with Crippen LogP contribution < -0.4 is 0 Å². The highest BCUT2D eigenvalue weighted by Gasteiger charge is 2.43. The van der Waals surface area contributed by atoms with Crippen molar-refractivity contribution < 1.29 is 14.7 Å². The van der Waals surface area contributed by atoms with Crippen LogP contribution in [0.15, 0.2) is 18.2 Å². The van der Waals surface area contributed by atoms with Gasteiger partial charge < -0.3 is 5.11 Å². The van der Waals surface area contributed by atoms with Gasteiger partial charge >= 0.3 is 5.97 Å². The van der Waals surface area contributed by atoms with Gasteiger partial charge in [0.1, 0.15) is 5.78 Å². The van der Waals surface area contributed by atoms with Gasteiger partial charge in [0, 0.05) is 12.8 Å². The van der Waals surface area contributed by atoms with E-state index in [1.165, 1.54) is 0 Å². The van der Waals surface area contributed by atoms with Gasteiger partial charge in [0.15, 0.2) is 0 Å². The van der Waals surface area contributed by atoms with Crippen LogP contribution in [0.5, 0.6) is 0 Å². The summed E-state index contributed by atoms with van der Waals surface area (Å²) in [5, 5.41) is 10.2. The van der Waals surface area contributed by atoms with Crippen molar-refractivity contribution in [2.24, 2.45) is 0 Å². The van der Waals surface area contributed by atoms with Crippen molar-refractivity contribution in [3.05, 3.63) is 33.8 Å². The first-order valence-corrected chi connectivity index (χ1v) is 6.42. The van der Waals surface area contributed by atoms with Crippen molar-refractivity contribution in [1.82, 2.24) is 0 Å². The molecular formula is C13H12Cl2O3. The van der Waals surface area contributed by atoms with Crippen molar-refractivity contribution in [2.75, 3.05) is 0 Å². The molecule has 18 heavy (non-hydrogen) atoms. The van der Waals surface area contributed by atoms with E-state index in [9.17, 15) is 14.7 Å². The topological polar surface area (TPSA) is 54.4 Å². The van der Waals surface area contributed by atoms with Gasteiger partial charge in [-0.05, 0) is 30.5 Å². The van der Waals surface area contributed by atoms with Crippen molar-refractivity contribution in [2.45, 2.75) is 31.1 Å². The molecule has 1 aliphatic rings. The Morgan fingerprint density at radius 3 is 2.28 bits per heavy atom. The Morgan fingerprint density at radius 1 is 1.17 bits per heavy atom. The Kier molecular flexibility index (Phi) is 3.64. The van der Waals surface area contributed by atoms with Crippen LogP contribution >= 0.6 is 23.2 Å². The average molecular weight is 287 g/mol. The Morgan fingerprint density at radius 2 is 1.78 bits per heavy atom. The third-order valence-corrected chi connectivity index (χ3v) is 4.28. The molecule has 0 aromatic heterocycles. The number of benzene rings is 1. The molecule has 0 atom stereocenters. The first-order valence-electron chi connectivity index (χ1n) is 5.66. The number of ketones is 1. The highest BCUT2D eigenvalue weighted by Crippen LogP contribution is 2.40. The number of carboxylic acid groups (broad SMARTS) is 1. The molecule has 3 nitrogen and oxygen atoms in total. The minimum absolute atomic E-state index is 0.118. The van der Waals surface area contributed by atoms with Crippen LogP contribution in [0.25, 0.3) is 0 Å². The van der Waals surface area contributed by atoms with E-state index < -0.39 is 11.4 Å². The fourth-order valence-corrected chi connectivity index (χ4v) is 2.67. The predicted octanol–water partition coefficient (Wildman–Crippen LogP) is 3.46. The van der Waals surface area contributed by atoms with E-state index in [1.54, 1.807) is 18.2 Å². The van der Waals surface area contributed by atoms with Crippen LogP contribution in [-0.4, -0.2) is 16.9 Å². The highest BCUT2D eigenvalue weighted by molar-refractivity contribution is 6.42. The highest BCUT2D eigenvalue weighted by atomic mass is 35.5. The zero-order valence-electron chi connectivity index (χ0n) is 9.58. The van der Waals surface area contributed by atoms with Crippen LogP contribution in [0.1, 0.15) is 31.2 Å². The first kappa shape index (κ1) is 13.4. The lowest BCUT2D eigenvalue weighted by molar-refractivity contribution is -0.146. The number of carbonyl (C=O) groups is 2. The summed E-state index contributed by atoms with van der Waals surface area (Å²) < 4.78 is 0. The molecule has 96 valence electrons. The van der Waals surface area contributed by atoms with Gasteiger partial charge in [0.05, 0.1) is 15.5 Å². The second kappa shape index (κ2) is 4.90. The van der Waals surface area contributed by atoms with E-state index >= 15 is 0 Å². The quantitative estimate of drug-likeness (QED) is 0.906. The van der Waals surface area contributed by atoms with Crippen molar-refractivity contribution >= 4 is 35.0 Å². The molecule has 0 spiro atoms. The largest absolute Gasteiger partial charge is 0.481 e. The van der Waals surface area contributed by atoms with Crippen LogP contribution in [0, 0.1) is 0 Å². The molecule has 1 N–H and O–H groups in total. The molecule has 0 saturated heterocycles. The van der Waals surface area contributed by atoms with Gasteiger partial charge in [-0.25, -0.2) is 0 Å². The summed E-state index contributed by atoms with van der Waals surface area (Å²) in [4.78, 5) is 22.9. The monoisotopic (exact) mass is 286 g/mol. The third kappa shape index (κ3) is 2.25. The lowest BCUT2D eigenvalue weighted by Gasteiger charge is -2.33. The van der Waals surface area contributed by atoms with Gasteiger partial charge in [0.2, 0.25) is 0 Å². The summed E-state index contributed by atoms with van der Waals surface area (Å²) in [6, 6.07) is 4.87. The number of halogens is 2. The number of Topliss-reactive ketones (excluding diaryl/α,β-unsaturated/α-hetero) is 1. The Balaban J connectivity index is 2.44. The van der Waals surface area contributed by atoms with E-state index in [-0.39, 0.29) is 5.78 Å². The molecule has 1 aromatic rings. The van der Waals surface area contributed by atoms with Gasteiger partial charge in [-0.1, -0.05) is 29.3 Å². The molecule has 5 heteroatoms. The van der Waals surface area contributed by atoms with E-state index in [0.29, 0.717) is 41.3 Å². The van der Waals surface area contributed by atoms with Crippen molar-refractivity contribution in [1.29, 1.82) is 0 Å². The van der Waals surface area contributed by atoms with Gasteiger partial charge in [0.25, 0.3) is 0 Å². The van der Waals surface area contributed by atoms with Gasteiger partial charge in [-0.2, -0.15) is 0 Å². The summed E-state index contributed by atoms with van der Waals surface area (Å²) in [6.07, 6.45) is 1.23. The van der Waals surface area contributed by atoms with Gasteiger partial charge in [-0.15, -0.1) is 0 Å². The number of hydrogen-bond acceptors (Lipinski definition) is 2. The standard InChI is InChI=1S/C13H12Cl2O3/c14-10-2-1-8(7-11(10)15)13(12(17)18)5-3-9(16)4-6-13/h1-2,7H,3-6H2,(H,17,18). The van der Waals surface area contributed by atoms with Crippen LogP contribution in [-0.2, 0) is 15.0 Å². The Hall–Kier alpha value is -1.06. The molecule has 1 aromatic carbocycles. The molecular weight excluding hydrogens is 275 g/mol. The maximum Gasteiger partial charge on any atom is 0.314 e. The molecule has 0 radical (unpaired) electrons. The fourth-order valence-electron chi connectivity index (χ4n) is 2.38. The molecule has 1 fully saturated rings. The summed E-state index contributed by atoms with van der Waals surface area (Å²) in [6.45, 7) is 0. The Bertz CT molecular complexity index is 501. The lowest BCUT2D eigenvalue weighted by Crippen LogP contribution is -2.39. The molecule has 0 bridgehead atoms. The van der Waals surface area contributed by atoms with Gasteiger partial charge in [-0.3, -0.25) is 9.59 Å². The van der Waals surface area contributed by atoms with Crippen LogP contribution in [0.3, 0.4) is 0 Å². The van der Waals surface area contributed by atoms with Crippen molar-refractivity contribution in [3.63, 3.8) is 0 Å². The molecule has 0 heterocycles. The zero-order chi connectivity index (χ0) is 13.3. The zero-order valence-corrected chi connectivity index (χ0v) is 11.1. The van der Waals surface area contributed by atoms with Crippen molar-refractivity contribution in [3.8, 4) is 0 Å². The summed E-state index contributed by atoms with van der Waals surface area (Å²) in [5.41, 5.74) is -0.390. The summed E-state index contributed by atoms with van der Waals surface area (Å²) in [7, 11) is 0. The number of carbonyl (C=O) groups excluding carboxylic acids is 1. The van der Waals surface area contributed by atoms with Crippen LogP contribution in [0.2, 0.25) is 10.0 Å². The summed E-state index contributed by atoms with van der Waals surface area (Å²) >= 11 is 11.8. The second-order valence-electron chi connectivity index (χ2n) is 4.55. The number of carboxylic acids is 1. The number of aliphatic carboxylic acids is 1. The number of rotatable bonds is 2. The average Bonchev–Trinajstić information content (AvgIpc) is 2.34. The smallest absolute Gasteiger partial charge is 0.314 e. The molecule has 0 amide bonds. The second-order valence-corrected chi connectivity index (χ2v) is 5.37. The minimum Gasteiger partial charge on any atom is -0.481 e. The first-order chi connectivity index (χ1) is 8.45. The van der Waals surface area contributed by atoms with E-state index in [2.05, 4.69) is 0 Å². The molecule has 1 aliphatic carbocycles. The van der Waals surface area contributed by atoms with E-state index in [4.69, 9.17) is 23.2 Å². The molecule has 0 aliphatic heterocycles. The van der Waals surface area contributed by atoms with E-state index in [0.717, 1.165) is 0 Å². The maximum atomic E-state index is 11.6. The lowest BCUT2D eigenvalue weighted by atomic mass is 9.69. The molecule has 1 saturated carbocycles. The SMILES string of the molecule is O=C1CCC(C(=O)O)(c2ccc(Cl)c(Cl)c2)CC1. The minimum atomic E-state index is -1.01. The number of hydrogen-bond donors (Lipinski definition) is 1. The molecule has 2 rings (SSSR count). The van der Waals surface area contributed by atoms with Crippen LogP contribution in [0.4, 0.5) is 0 Å². The predicted molar refractivity (Wildman–Crippen MR) is 69.3 cm³/mol.